The Morgan fingerprint density at radius 1 is 1.03 bits per heavy atom. The fourth-order valence-electron chi connectivity index (χ4n) is 3.21. The lowest BCUT2D eigenvalue weighted by Crippen LogP contribution is -2.21. The summed E-state index contributed by atoms with van der Waals surface area (Å²) >= 11 is 0. The molecule has 30 heavy (non-hydrogen) atoms. The molecule has 1 amide bonds. The van der Waals surface area contributed by atoms with E-state index >= 15 is 0 Å². The van der Waals surface area contributed by atoms with Crippen LogP contribution in [0.4, 0.5) is 4.79 Å². The standard InChI is InChI=1S/C24H29NO5/c1-5-27-18-8-10-19(11-9-18)28-15-16-6-7-17-13-21(29-20(17)12-16)22(30-23(25)26)14-24(2,3)4/h6-13,22H,5,14-15H2,1-4H3,(H2,25,26). The molecule has 0 saturated carbocycles. The van der Waals surface area contributed by atoms with Crippen LogP contribution in [0.1, 0.15) is 51.5 Å². The lowest BCUT2D eigenvalue weighted by molar-refractivity contribution is 0.0661. The van der Waals surface area contributed by atoms with Gasteiger partial charge in [0.2, 0.25) is 0 Å². The summed E-state index contributed by atoms with van der Waals surface area (Å²) in [7, 11) is 0. The van der Waals surface area contributed by atoms with Crippen molar-refractivity contribution in [1.29, 1.82) is 0 Å². The highest BCUT2D eigenvalue weighted by molar-refractivity contribution is 5.78. The normalized spacial score (nSPS) is 12.5. The van der Waals surface area contributed by atoms with Crippen molar-refractivity contribution in [3.63, 3.8) is 0 Å². The van der Waals surface area contributed by atoms with Gasteiger partial charge in [0.25, 0.3) is 0 Å². The molecule has 6 heteroatoms. The third kappa shape index (κ3) is 5.92. The minimum atomic E-state index is -0.811. The molecule has 2 N–H and O–H groups in total. The molecule has 0 saturated heterocycles. The van der Waals surface area contributed by atoms with Crippen molar-refractivity contribution in [3.05, 3.63) is 59.9 Å². The minimum absolute atomic E-state index is 0.0597. The first-order valence-corrected chi connectivity index (χ1v) is 10.1. The van der Waals surface area contributed by atoms with Gasteiger partial charge in [-0.05, 0) is 60.7 Å². The molecule has 0 fully saturated rings. The van der Waals surface area contributed by atoms with Crippen molar-refractivity contribution in [2.45, 2.75) is 46.8 Å². The van der Waals surface area contributed by atoms with Gasteiger partial charge in [0, 0.05) is 5.39 Å². The molecular weight excluding hydrogens is 382 g/mol. The Morgan fingerprint density at radius 3 is 2.30 bits per heavy atom. The first kappa shape index (κ1) is 21.6. The molecule has 0 spiro atoms. The molecule has 6 nitrogen and oxygen atoms in total. The molecule has 0 bridgehead atoms. The number of fused-ring (bicyclic) bond motifs is 1. The van der Waals surface area contributed by atoms with E-state index in [1.54, 1.807) is 0 Å². The maximum atomic E-state index is 11.3. The lowest BCUT2D eigenvalue weighted by Gasteiger charge is -2.23. The Balaban J connectivity index is 1.73. The van der Waals surface area contributed by atoms with Gasteiger partial charge in [-0.15, -0.1) is 0 Å². The highest BCUT2D eigenvalue weighted by Crippen LogP contribution is 2.35. The number of hydrogen-bond acceptors (Lipinski definition) is 5. The maximum absolute atomic E-state index is 11.3. The zero-order valence-electron chi connectivity index (χ0n) is 17.9. The zero-order valence-corrected chi connectivity index (χ0v) is 17.9. The quantitative estimate of drug-likeness (QED) is 0.493. The molecule has 3 rings (SSSR count). The molecule has 0 aliphatic rings. The van der Waals surface area contributed by atoms with Crippen molar-refractivity contribution < 1.29 is 23.4 Å². The first-order chi connectivity index (χ1) is 14.2. The Kier molecular flexibility index (Phi) is 6.55. The SMILES string of the molecule is CCOc1ccc(OCc2ccc3cc(C(CC(C)(C)C)OC(N)=O)oc3c2)cc1. The van der Waals surface area contributed by atoms with E-state index in [1.165, 1.54) is 0 Å². The van der Waals surface area contributed by atoms with Crippen LogP contribution in [0.15, 0.2) is 52.9 Å². The van der Waals surface area contributed by atoms with Crippen LogP contribution in [0.5, 0.6) is 11.5 Å². The van der Waals surface area contributed by atoms with Crippen LogP contribution in [-0.4, -0.2) is 12.7 Å². The second-order valence-corrected chi connectivity index (χ2v) is 8.40. The van der Waals surface area contributed by atoms with E-state index in [4.69, 9.17) is 24.4 Å². The number of benzene rings is 2. The van der Waals surface area contributed by atoms with Crippen LogP contribution in [0.2, 0.25) is 0 Å². The van der Waals surface area contributed by atoms with Crippen LogP contribution in [0.3, 0.4) is 0 Å². The Morgan fingerprint density at radius 2 is 1.70 bits per heavy atom. The third-order valence-electron chi connectivity index (χ3n) is 4.52. The van der Waals surface area contributed by atoms with Crippen LogP contribution in [0.25, 0.3) is 11.0 Å². The van der Waals surface area contributed by atoms with Gasteiger partial charge in [-0.2, -0.15) is 0 Å². The molecule has 3 aromatic rings. The molecule has 160 valence electrons. The average molecular weight is 411 g/mol. The van der Waals surface area contributed by atoms with Gasteiger partial charge >= 0.3 is 6.09 Å². The summed E-state index contributed by atoms with van der Waals surface area (Å²) in [5.41, 5.74) is 6.89. The summed E-state index contributed by atoms with van der Waals surface area (Å²) < 4.78 is 22.6. The summed E-state index contributed by atoms with van der Waals surface area (Å²) in [6, 6.07) is 15.3. The van der Waals surface area contributed by atoms with Gasteiger partial charge in [-0.1, -0.05) is 32.9 Å². The predicted octanol–water partition coefficient (Wildman–Crippen LogP) is 5.98. The number of nitrogens with two attached hydrogens (primary N) is 1. The van der Waals surface area contributed by atoms with Gasteiger partial charge in [0.15, 0.2) is 6.10 Å². The second-order valence-electron chi connectivity index (χ2n) is 8.40. The monoisotopic (exact) mass is 411 g/mol. The van der Waals surface area contributed by atoms with Crippen LogP contribution in [-0.2, 0) is 11.3 Å². The van der Waals surface area contributed by atoms with E-state index in [1.807, 2.05) is 55.5 Å². The minimum Gasteiger partial charge on any atom is -0.494 e. The van der Waals surface area contributed by atoms with E-state index in [9.17, 15) is 4.79 Å². The number of carbonyl (C=O) groups excluding carboxylic acids is 1. The first-order valence-electron chi connectivity index (χ1n) is 10.1. The van der Waals surface area contributed by atoms with E-state index in [2.05, 4.69) is 20.8 Å². The number of ether oxygens (including phenoxy) is 3. The Bertz CT molecular complexity index is 985. The number of carbonyl (C=O) groups is 1. The van der Waals surface area contributed by atoms with Crippen molar-refractivity contribution in [3.8, 4) is 11.5 Å². The molecule has 1 atom stereocenters. The summed E-state index contributed by atoms with van der Waals surface area (Å²) in [4.78, 5) is 11.3. The molecule has 0 aliphatic heterocycles. The van der Waals surface area contributed by atoms with Crippen LogP contribution < -0.4 is 15.2 Å². The van der Waals surface area contributed by atoms with Gasteiger partial charge in [-0.25, -0.2) is 4.79 Å². The van der Waals surface area contributed by atoms with Gasteiger partial charge in [0.1, 0.15) is 29.4 Å². The smallest absolute Gasteiger partial charge is 0.405 e. The summed E-state index contributed by atoms with van der Waals surface area (Å²) in [5.74, 6) is 2.17. The van der Waals surface area contributed by atoms with Gasteiger partial charge in [0.05, 0.1) is 6.61 Å². The fourth-order valence-corrected chi connectivity index (χ4v) is 3.21. The maximum Gasteiger partial charge on any atom is 0.405 e. The number of amides is 1. The second kappa shape index (κ2) is 9.11. The molecule has 2 aromatic carbocycles. The fraction of sp³-hybridized carbons (Fsp3) is 0.375. The average Bonchev–Trinajstić information content (AvgIpc) is 3.09. The summed E-state index contributed by atoms with van der Waals surface area (Å²) in [5, 5.41) is 0.932. The molecule has 1 aromatic heterocycles. The van der Waals surface area contributed by atoms with Gasteiger partial charge < -0.3 is 24.4 Å². The number of primary amides is 1. The van der Waals surface area contributed by atoms with Crippen LogP contribution in [0, 0.1) is 5.41 Å². The van der Waals surface area contributed by atoms with Gasteiger partial charge in [-0.3, -0.25) is 0 Å². The third-order valence-corrected chi connectivity index (χ3v) is 4.52. The highest BCUT2D eigenvalue weighted by atomic mass is 16.6. The van der Waals surface area contributed by atoms with Crippen molar-refractivity contribution >= 4 is 17.1 Å². The van der Waals surface area contributed by atoms with Crippen molar-refractivity contribution in [1.82, 2.24) is 0 Å². The molecule has 1 unspecified atom stereocenters. The topological polar surface area (TPSA) is 83.9 Å². The number of hydrogen-bond donors (Lipinski definition) is 1. The Labute approximate surface area is 176 Å². The Hall–Kier alpha value is -3.15. The van der Waals surface area contributed by atoms with E-state index in [0.717, 1.165) is 22.4 Å². The lowest BCUT2D eigenvalue weighted by atomic mass is 9.88. The number of rotatable bonds is 8. The van der Waals surface area contributed by atoms with E-state index in [0.29, 0.717) is 31.0 Å². The summed E-state index contributed by atoms with van der Waals surface area (Å²) in [6.45, 7) is 9.21. The predicted molar refractivity (Wildman–Crippen MR) is 116 cm³/mol. The highest BCUT2D eigenvalue weighted by Gasteiger charge is 2.26. The number of furan rings is 1. The molecular formula is C24H29NO5. The van der Waals surface area contributed by atoms with Crippen LogP contribution >= 0.6 is 0 Å². The van der Waals surface area contributed by atoms with E-state index in [-0.39, 0.29) is 5.41 Å². The largest absolute Gasteiger partial charge is 0.494 e. The van der Waals surface area contributed by atoms with E-state index < -0.39 is 12.2 Å². The van der Waals surface area contributed by atoms with Crippen molar-refractivity contribution in [2.75, 3.05) is 6.61 Å². The molecule has 0 radical (unpaired) electrons. The van der Waals surface area contributed by atoms with Crippen molar-refractivity contribution in [2.24, 2.45) is 11.1 Å². The summed E-state index contributed by atoms with van der Waals surface area (Å²) in [6.07, 6.45) is -0.740. The molecule has 1 heterocycles. The zero-order chi connectivity index (χ0) is 21.7. The molecule has 0 aliphatic carbocycles.